The summed E-state index contributed by atoms with van der Waals surface area (Å²) in [5, 5.41) is 0. The Morgan fingerprint density at radius 3 is 2.79 bits per heavy atom. The zero-order valence-corrected chi connectivity index (χ0v) is 9.53. The van der Waals surface area contributed by atoms with E-state index in [9.17, 15) is 0 Å². The topological polar surface area (TPSA) is 9.23 Å². The van der Waals surface area contributed by atoms with Gasteiger partial charge in [0.15, 0.2) is 0 Å². The SMILES string of the molecule is Br/C(=C\C1CCCO1)c1ccccc1. The Hall–Kier alpha value is -0.600. The van der Waals surface area contributed by atoms with Crippen molar-refractivity contribution in [3.8, 4) is 0 Å². The normalized spacial score (nSPS) is 22.6. The highest BCUT2D eigenvalue weighted by atomic mass is 79.9. The molecule has 1 saturated heterocycles. The molecule has 0 bridgehead atoms. The molecule has 1 nitrogen and oxygen atoms in total. The summed E-state index contributed by atoms with van der Waals surface area (Å²) in [7, 11) is 0. The van der Waals surface area contributed by atoms with Gasteiger partial charge in [0.25, 0.3) is 0 Å². The van der Waals surface area contributed by atoms with Gasteiger partial charge in [0.1, 0.15) is 0 Å². The summed E-state index contributed by atoms with van der Waals surface area (Å²) in [4.78, 5) is 0. The lowest BCUT2D eigenvalue weighted by atomic mass is 10.1. The fourth-order valence-corrected chi connectivity index (χ4v) is 2.15. The van der Waals surface area contributed by atoms with Crippen LogP contribution in [0.3, 0.4) is 0 Å². The van der Waals surface area contributed by atoms with Gasteiger partial charge in [0, 0.05) is 11.1 Å². The van der Waals surface area contributed by atoms with Crippen molar-refractivity contribution in [2.24, 2.45) is 0 Å². The van der Waals surface area contributed by atoms with Gasteiger partial charge in [0.05, 0.1) is 6.10 Å². The lowest BCUT2D eigenvalue weighted by Crippen LogP contribution is -1.99. The average Bonchev–Trinajstić information content (AvgIpc) is 2.72. The molecular formula is C12H13BrO. The van der Waals surface area contributed by atoms with Gasteiger partial charge in [0.2, 0.25) is 0 Å². The van der Waals surface area contributed by atoms with Gasteiger partial charge >= 0.3 is 0 Å². The van der Waals surface area contributed by atoms with E-state index in [-0.39, 0.29) is 0 Å². The molecule has 1 unspecified atom stereocenters. The van der Waals surface area contributed by atoms with Crippen LogP contribution in [0.2, 0.25) is 0 Å². The van der Waals surface area contributed by atoms with Gasteiger partial charge < -0.3 is 4.74 Å². The maximum Gasteiger partial charge on any atom is 0.0770 e. The smallest absolute Gasteiger partial charge is 0.0770 e. The number of hydrogen-bond acceptors (Lipinski definition) is 1. The van der Waals surface area contributed by atoms with Crippen LogP contribution in [0.25, 0.3) is 4.48 Å². The van der Waals surface area contributed by atoms with Gasteiger partial charge in [-0.15, -0.1) is 0 Å². The zero-order valence-electron chi connectivity index (χ0n) is 7.95. The summed E-state index contributed by atoms with van der Waals surface area (Å²) < 4.78 is 6.67. The fraction of sp³-hybridized carbons (Fsp3) is 0.333. The predicted octanol–water partition coefficient (Wildman–Crippen LogP) is 3.60. The second-order valence-electron chi connectivity index (χ2n) is 3.43. The Balaban J connectivity index is 2.10. The van der Waals surface area contributed by atoms with Crippen molar-refractivity contribution < 1.29 is 4.74 Å². The van der Waals surface area contributed by atoms with E-state index in [0.717, 1.165) is 17.5 Å². The van der Waals surface area contributed by atoms with E-state index in [0.29, 0.717) is 6.10 Å². The first kappa shape index (κ1) is 9.94. The third-order valence-electron chi connectivity index (χ3n) is 2.35. The van der Waals surface area contributed by atoms with Crippen LogP contribution >= 0.6 is 15.9 Å². The van der Waals surface area contributed by atoms with Crippen LogP contribution in [-0.2, 0) is 4.74 Å². The Bertz CT molecular complexity index is 312. The van der Waals surface area contributed by atoms with Crippen LogP contribution in [0, 0.1) is 0 Å². The van der Waals surface area contributed by atoms with Gasteiger partial charge in [-0.1, -0.05) is 46.3 Å². The van der Waals surface area contributed by atoms with Crippen molar-refractivity contribution in [3.63, 3.8) is 0 Å². The molecule has 1 fully saturated rings. The Morgan fingerprint density at radius 1 is 1.36 bits per heavy atom. The number of hydrogen-bond donors (Lipinski definition) is 0. The second kappa shape index (κ2) is 4.76. The standard InChI is InChI=1S/C12H13BrO/c13-12(9-11-7-4-8-14-11)10-5-2-1-3-6-10/h1-3,5-6,9,11H,4,7-8H2/b12-9-. The molecule has 0 spiro atoms. The predicted molar refractivity (Wildman–Crippen MR) is 62.3 cm³/mol. The first-order chi connectivity index (χ1) is 6.86. The summed E-state index contributed by atoms with van der Waals surface area (Å²) in [6, 6.07) is 10.3. The minimum Gasteiger partial charge on any atom is -0.374 e. The van der Waals surface area contributed by atoms with Crippen molar-refractivity contribution in [2.75, 3.05) is 6.61 Å². The van der Waals surface area contributed by atoms with Crippen LogP contribution in [0.5, 0.6) is 0 Å². The third kappa shape index (κ3) is 2.46. The Kier molecular flexibility index (Phi) is 3.38. The summed E-state index contributed by atoms with van der Waals surface area (Å²) in [5.41, 5.74) is 1.21. The monoisotopic (exact) mass is 252 g/mol. The van der Waals surface area contributed by atoms with Crippen molar-refractivity contribution in [1.29, 1.82) is 0 Å². The average molecular weight is 253 g/mol. The van der Waals surface area contributed by atoms with Crippen LogP contribution in [0.4, 0.5) is 0 Å². The van der Waals surface area contributed by atoms with Crippen molar-refractivity contribution in [3.05, 3.63) is 42.0 Å². The van der Waals surface area contributed by atoms with Crippen LogP contribution in [0.1, 0.15) is 18.4 Å². The maximum absolute atomic E-state index is 5.54. The first-order valence-electron chi connectivity index (χ1n) is 4.90. The number of ether oxygens (including phenoxy) is 1. The molecule has 14 heavy (non-hydrogen) atoms. The summed E-state index contributed by atoms with van der Waals surface area (Å²) in [5.74, 6) is 0. The fourth-order valence-electron chi connectivity index (χ4n) is 1.59. The van der Waals surface area contributed by atoms with Crippen LogP contribution in [0.15, 0.2) is 36.4 Å². The van der Waals surface area contributed by atoms with E-state index in [1.807, 2.05) is 18.2 Å². The molecule has 0 saturated carbocycles. The lowest BCUT2D eigenvalue weighted by Gasteiger charge is -2.04. The van der Waals surface area contributed by atoms with Crippen molar-refractivity contribution in [2.45, 2.75) is 18.9 Å². The Morgan fingerprint density at radius 2 is 2.14 bits per heavy atom. The maximum atomic E-state index is 5.54. The molecule has 0 amide bonds. The molecule has 1 aliphatic rings. The van der Waals surface area contributed by atoms with Crippen molar-refractivity contribution >= 4 is 20.4 Å². The Labute approximate surface area is 92.9 Å². The van der Waals surface area contributed by atoms with E-state index in [4.69, 9.17) is 4.74 Å². The summed E-state index contributed by atoms with van der Waals surface area (Å²) in [6.07, 6.45) is 4.77. The highest BCUT2D eigenvalue weighted by Gasteiger charge is 2.13. The molecule has 1 aromatic rings. The molecule has 1 aliphatic heterocycles. The highest BCUT2D eigenvalue weighted by Crippen LogP contribution is 2.24. The van der Waals surface area contributed by atoms with Crippen LogP contribution < -0.4 is 0 Å². The quantitative estimate of drug-likeness (QED) is 0.782. The van der Waals surface area contributed by atoms with Gasteiger partial charge in [-0.3, -0.25) is 0 Å². The van der Waals surface area contributed by atoms with E-state index >= 15 is 0 Å². The van der Waals surface area contributed by atoms with E-state index in [1.54, 1.807) is 0 Å². The third-order valence-corrected chi connectivity index (χ3v) is 3.07. The van der Waals surface area contributed by atoms with Gasteiger partial charge in [-0.2, -0.15) is 0 Å². The number of halogens is 1. The second-order valence-corrected chi connectivity index (χ2v) is 4.29. The number of benzene rings is 1. The lowest BCUT2D eigenvalue weighted by molar-refractivity contribution is 0.146. The molecular weight excluding hydrogens is 240 g/mol. The molecule has 0 aromatic heterocycles. The molecule has 74 valence electrons. The molecule has 0 aliphatic carbocycles. The van der Waals surface area contributed by atoms with Crippen molar-refractivity contribution in [1.82, 2.24) is 0 Å². The molecule has 2 rings (SSSR count). The van der Waals surface area contributed by atoms with Crippen LogP contribution in [-0.4, -0.2) is 12.7 Å². The molecule has 2 heteroatoms. The largest absolute Gasteiger partial charge is 0.374 e. The minimum atomic E-state index is 0.296. The van der Waals surface area contributed by atoms with E-state index in [1.165, 1.54) is 12.0 Å². The summed E-state index contributed by atoms with van der Waals surface area (Å²) in [6.45, 7) is 0.899. The summed E-state index contributed by atoms with van der Waals surface area (Å²) >= 11 is 3.58. The van der Waals surface area contributed by atoms with E-state index in [2.05, 4.69) is 34.1 Å². The molecule has 1 atom stereocenters. The molecule has 1 aromatic carbocycles. The molecule has 1 heterocycles. The minimum absolute atomic E-state index is 0.296. The number of rotatable bonds is 2. The first-order valence-corrected chi connectivity index (χ1v) is 5.70. The van der Waals surface area contributed by atoms with Gasteiger partial charge in [-0.05, 0) is 24.5 Å². The molecule has 0 radical (unpaired) electrons. The van der Waals surface area contributed by atoms with E-state index < -0.39 is 0 Å². The zero-order chi connectivity index (χ0) is 9.80. The highest BCUT2D eigenvalue weighted by molar-refractivity contribution is 9.15. The van der Waals surface area contributed by atoms with Gasteiger partial charge in [-0.25, -0.2) is 0 Å². The molecule has 0 N–H and O–H groups in total.